The Labute approximate surface area is 139 Å². The van der Waals surface area contributed by atoms with Crippen LogP contribution < -0.4 is 0 Å². The molecule has 0 N–H and O–H groups in total. The summed E-state index contributed by atoms with van der Waals surface area (Å²) >= 11 is 1.12. The van der Waals surface area contributed by atoms with Crippen molar-refractivity contribution < 1.29 is 22.4 Å². The van der Waals surface area contributed by atoms with Crippen LogP contribution in [0.5, 0.6) is 0 Å². The van der Waals surface area contributed by atoms with Crippen molar-refractivity contribution in [3.8, 4) is 0 Å². The number of carbonyl (C=O) groups excluding carboxylic acids is 1. The number of sulfonamides is 1. The van der Waals surface area contributed by atoms with Gasteiger partial charge < -0.3 is 9.15 Å². The van der Waals surface area contributed by atoms with E-state index >= 15 is 0 Å². The third-order valence-corrected chi connectivity index (χ3v) is 5.75. The van der Waals surface area contributed by atoms with E-state index in [9.17, 15) is 13.2 Å². The van der Waals surface area contributed by atoms with Gasteiger partial charge in [0.05, 0.1) is 11.5 Å². The van der Waals surface area contributed by atoms with Gasteiger partial charge in [0.15, 0.2) is 5.58 Å². The maximum Gasteiger partial charge on any atom is 0.319 e. The molecular weight excluding hydrogens is 340 g/mol. The van der Waals surface area contributed by atoms with E-state index in [1.54, 1.807) is 19.9 Å². The molecule has 0 aliphatic rings. The topological polar surface area (TPSA) is 89.7 Å². The predicted octanol–water partition coefficient (Wildman–Crippen LogP) is 2.12. The van der Waals surface area contributed by atoms with Crippen LogP contribution in [0.25, 0.3) is 11.1 Å². The van der Waals surface area contributed by atoms with Gasteiger partial charge in [0, 0.05) is 14.1 Å². The van der Waals surface area contributed by atoms with Gasteiger partial charge >= 0.3 is 5.97 Å². The Balaban J connectivity index is 2.28. The number of hydrogen-bond donors (Lipinski definition) is 0. The van der Waals surface area contributed by atoms with Crippen molar-refractivity contribution in [2.24, 2.45) is 0 Å². The number of esters is 1. The molecule has 0 unspecified atom stereocenters. The van der Waals surface area contributed by atoms with Crippen molar-refractivity contribution in [3.05, 3.63) is 18.2 Å². The Hall–Kier alpha value is -1.58. The predicted molar refractivity (Wildman–Crippen MR) is 86.8 cm³/mol. The molecule has 9 heteroatoms. The van der Waals surface area contributed by atoms with Crippen molar-refractivity contribution in [1.82, 2.24) is 9.29 Å². The second-order valence-electron chi connectivity index (χ2n) is 4.91. The minimum atomic E-state index is -3.53. The van der Waals surface area contributed by atoms with Crippen LogP contribution in [0, 0.1) is 0 Å². The van der Waals surface area contributed by atoms with Gasteiger partial charge in [-0.1, -0.05) is 11.8 Å². The molecule has 126 valence electrons. The van der Waals surface area contributed by atoms with Crippen LogP contribution >= 0.6 is 11.8 Å². The summed E-state index contributed by atoms with van der Waals surface area (Å²) < 4.78 is 35.8. The molecule has 7 nitrogen and oxygen atoms in total. The molecule has 23 heavy (non-hydrogen) atoms. The fraction of sp³-hybridized carbons (Fsp3) is 0.429. The average Bonchev–Trinajstić information content (AvgIpc) is 2.88. The molecule has 1 aromatic carbocycles. The molecule has 0 amide bonds. The summed E-state index contributed by atoms with van der Waals surface area (Å²) in [5, 5.41) is -0.173. The fourth-order valence-corrected chi connectivity index (χ4v) is 3.44. The Morgan fingerprint density at radius 3 is 2.74 bits per heavy atom. The molecule has 1 aromatic heterocycles. The number of fused-ring (bicyclic) bond motifs is 1. The number of benzene rings is 1. The molecule has 0 fully saturated rings. The molecule has 0 aliphatic carbocycles. The first-order chi connectivity index (χ1) is 10.8. The zero-order valence-corrected chi connectivity index (χ0v) is 14.9. The summed E-state index contributed by atoms with van der Waals surface area (Å²) in [6.07, 6.45) is 0. The number of rotatable bonds is 6. The van der Waals surface area contributed by atoms with Gasteiger partial charge in [0.1, 0.15) is 10.8 Å². The van der Waals surface area contributed by atoms with Gasteiger partial charge in [-0.2, -0.15) is 0 Å². The van der Waals surface area contributed by atoms with Gasteiger partial charge in [0.25, 0.3) is 5.22 Å². The smallest absolute Gasteiger partial charge is 0.319 e. The molecule has 2 aromatic rings. The highest BCUT2D eigenvalue weighted by Gasteiger charge is 2.21. The third kappa shape index (κ3) is 3.85. The van der Waals surface area contributed by atoms with E-state index in [2.05, 4.69) is 4.98 Å². The summed E-state index contributed by atoms with van der Waals surface area (Å²) in [5.74, 6) is -0.351. The number of ether oxygens (including phenoxy) is 1. The lowest BCUT2D eigenvalue weighted by atomic mass is 10.3. The van der Waals surface area contributed by atoms with Gasteiger partial charge in [-0.05, 0) is 32.0 Å². The minimum absolute atomic E-state index is 0.137. The average molecular weight is 358 g/mol. The highest BCUT2D eigenvalue weighted by molar-refractivity contribution is 8.00. The van der Waals surface area contributed by atoms with Crippen LogP contribution in [-0.2, 0) is 19.6 Å². The largest absolute Gasteiger partial charge is 0.465 e. The number of nitrogens with zero attached hydrogens (tertiary/aromatic N) is 2. The maximum atomic E-state index is 12.1. The van der Waals surface area contributed by atoms with Crippen LogP contribution in [0.15, 0.2) is 32.7 Å². The molecule has 1 atom stereocenters. The molecular formula is C14H18N2O5S2. The SMILES string of the molecule is CCOC(=O)[C@H](C)Sc1nc2cc(S(=O)(=O)N(C)C)ccc2o1. The lowest BCUT2D eigenvalue weighted by Gasteiger charge is -2.10. The Morgan fingerprint density at radius 2 is 2.13 bits per heavy atom. The quantitative estimate of drug-likeness (QED) is 0.577. The van der Waals surface area contributed by atoms with Crippen LogP contribution in [0.1, 0.15) is 13.8 Å². The van der Waals surface area contributed by atoms with E-state index in [1.165, 1.54) is 26.2 Å². The number of thioether (sulfide) groups is 1. The number of oxazole rings is 1. The first-order valence-corrected chi connectivity index (χ1v) is 9.24. The zero-order chi connectivity index (χ0) is 17.2. The second kappa shape index (κ2) is 6.90. The number of aromatic nitrogens is 1. The normalized spacial score (nSPS) is 13.4. The summed E-state index contributed by atoms with van der Waals surface area (Å²) in [7, 11) is -0.606. The van der Waals surface area contributed by atoms with E-state index in [1.807, 2.05) is 0 Å². The van der Waals surface area contributed by atoms with Crippen molar-refractivity contribution in [3.63, 3.8) is 0 Å². The summed E-state index contributed by atoms with van der Waals surface area (Å²) in [6.45, 7) is 3.74. The molecule has 2 rings (SSSR count). The highest BCUT2D eigenvalue weighted by Crippen LogP contribution is 2.28. The van der Waals surface area contributed by atoms with Crippen LogP contribution in [-0.4, -0.2) is 49.6 Å². The van der Waals surface area contributed by atoms with Gasteiger partial charge in [-0.25, -0.2) is 17.7 Å². The van der Waals surface area contributed by atoms with E-state index in [4.69, 9.17) is 9.15 Å². The molecule has 0 saturated heterocycles. The molecule has 0 radical (unpaired) electrons. The number of hydrogen-bond acceptors (Lipinski definition) is 7. The fourth-order valence-electron chi connectivity index (χ4n) is 1.77. The lowest BCUT2D eigenvalue weighted by Crippen LogP contribution is -2.22. The molecule has 1 heterocycles. The van der Waals surface area contributed by atoms with E-state index < -0.39 is 15.3 Å². The Morgan fingerprint density at radius 1 is 1.43 bits per heavy atom. The zero-order valence-electron chi connectivity index (χ0n) is 13.3. The highest BCUT2D eigenvalue weighted by atomic mass is 32.2. The third-order valence-electron chi connectivity index (χ3n) is 3.01. The van der Waals surface area contributed by atoms with Crippen LogP contribution in [0.4, 0.5) is 0 Å². The van der Waals surface area contributed by atoms with E-state index in [0.717, 1.165) is 16.1 Å². The van der Waals surface area contributed by atoms with Crippen LogP contribution in [0.2, 0.25) is 0 Å². The molecule has 0 saturated carbocycles. The molecule has 0 bridgehead atoms. The summed E-state index contributed by atoms with van der Waals surface area (Å²) in [4.78, 5) is 16.0. The molecule has 0 aliphatic heterocycles. The minimum Gasteiger partial charge on any atom is -0.465 e. The van der Waals surface area contributed by atoms with Crippen molar-refractivity contribution in [2.45, 2.75) is 29.2 Å². The first-order valence-electron chi connectivity index (χ1n) is 6.92. The van der Waals surface area contributed by atoms with Gasteiger partial charge in [0.2, 0.25) is 10.0 Å². The standard InChI is InChI=1S/C14H18N2O5S2/c1-5-20-13(17)9(2)22-14-15-11-8-10(6-7-12(11)21-14)23(18,19)16(3)4/h6-9H,5H2,1-4H3/t9-/m0/s1. The summed E-state index contributed by atoms with van der Waals surface area (Å²) in [5.41, 5.74) is 0.882. The maximum absolute atomic E-state index is 12.1. The number of carbonyl (C=O) groups is 1. The Bertz CT molecular complexity index is 814. The van der Waals surface area contributed by atoms with Crippen molar-refractivity contribution in [2.75, 3.05) is 20.7 Å². The van der Waals surface area contributed by atoms with E-state index in [-0.39, 0.29) is 10.9 Å². The first kappa shape index (κ1) is 17.8. The Kier molecular flexibility index (Phi) is 5.33. The summed E-state index contributed by atoms with van der Waals surface area (Å²) in [6, 6.07) is 4.47. The van der Waals surface area contributed by atoms with Crippen molar-refractivity contribution >= 4 is 38.9 Å². The molecule has 0 spiro atoms. The van der Waals surface area contributed by atoms with Gasteiger partial charge in [-0.3, -0.25) is 4.79 Å². The monoisotopic (exact) mass is 358 g/mol. The second-order valence-corrected chi connectivity index (χ2v) is 8.35. The van der Waals surface area contributed by atoms with Gasteiger partial charge in [-0.15, -0.1) is 0 Å². The lowest BCUT2D eigenvalue weighted by molar-refractivity contribution is -0.142. The van der Waals surface area contributed by atoms with Crippen molar-refractivity contribution in [1.29, 1.82) is 0 Å². The van der Waals surface area contributed by atoms with Crippen LogP contribution in [0.3, 0.4) is 0 Å². The van der Waals surface area contributed by atoms with E-state index in [0.29, 0.717) is 22.9 Å².